The zero-order valence-electron chi connectivity index (χ0n) is 13.4. The molecule has 3 N–H and O–H groups in total. The molecule has 128 valence electrons. The van der Waals surface area contributed by atoms with Gasteiger partial charge in [-0.15, -0.1) is 10.2 Å². The van der Waals surface area contributed by atoms with Crippen LogP contribution in [0.15, 0.2) is 0 Å². The highest BCUT2D eigenvalue weighted by atomic mass is 16.5. The number of nitrogens with one attached hydrogen (secondary N) is 2. The summed E-state index contributed by atoms with van der Waals surface area (Å²) in [4.78, 5) is 12.0. The lowest BCUT2D eigenvalue weighted by molar-refractivity contribution is -0.129. The minimum atomic E-state index is -0.585. The van der Waals surface area contributed by atoms with Gasteiger partial charge in [0.05, 0.1) is 18.2 Å². The first kappa shape index (κ1) is 16.3. The van der Waals surface area contributed by atoms with Crippen molar-refractivity contribution in [2.75, 3.05) is 6.61 Å². The highest BCUT2D eigenvalue weighted by Gasteiger charge is 2.36. The predicted molar refractivity (Wildman–Crippen MR) is 81.5 cm³/mol. The number of nitrogens with zero attached hydrogens (tertiary/aromatic N) is 3. The highest BCUT2D eigenvalue weighted by Crippen LogP contribution is 2.32. The number of carbonyl (C=O) groups excluding carboxylic acids is 1. The van der Waals surface area contributed by atoms with Crippen LogP contribution in [0, 0.1) is 5.92 Å². The molecule has 3 atom stereocenters. The molecule has 8 nitrogen and oxygen atoms in total. The van der Waals surface area contributed by atoms with E-state index in [4.69, 9.17) is 4.74 Å². The van der Waals surface area contributed by atoms with Crippen molar-refractivity contribution in [2.45, 2.75) is 69.6 Å². The van der Waals surface area contributed by atoms with Crippen molar-refractivity contribution in [3.05, 3.63) is 5.82 Å². The van der Waals surface area contributed by atoms with E-state index in [0.717, 1.165) is 18.8 Å². The molecule has 0 saturated heterocycles. The molecule has 2 fully saturated rings. The summed E-state index contributed by atoms with van der Waals surface area (Å²) in [5.41, 5.74) is 0. The van der Waals surface area contributed by atoms with E-state index in [2.05, 4.69) is 32.9 Å². The molecule has 1 heterocycles. The molecule has 0 aliphatic heterocycles. The van der Waals surface area contributed by atoms with Crippen LogP contribution in [0.5, 0.6) is 0 Å². The Morgan fingerprint density at radius 3 is 2.83 bits per heavy atom. The largest absolute Gasteiger partial charge is 0.391 e. The number of ether oxygens (including phenoxy) is 1. The van der Waals surface area contributed by atoms with E-state index in [9.17, 15) is 9.90 Å². The number of hydrogen-bond acceptors (Lipinski definition) is 6. The Bertz CT molecular complexity index is 501. The van der Waals surface area contributed by atoms with Crippen LogP contribution in [0.2, 0.25) is 0 Å². The van der Waals surface area contributed by atoms with Gasteiger partial charge in [-0.3, -0.25) is 4.79 Å². The van der Waals surface area contributed by atoms with Crippen LogP contribution in [0.1, 0.15) is 57.2 Å². The second-order valence-electron chi connectivity index (χ2n) is 6.87. The van der Waals surface area contributed by atoms with Crippen LogP contribution in [-0.2, 0) is 9.53 Å². The maximum atomic E-state index is 12.0. The smallest absolute Gasteiger partial charge is 0.246 e. The molecule has 23 heavy (non-hydrogen) atoms. The summed E-state index contributed by atoms with van der Waals surface area (Å²) >= 11 is 0. The molecule has 1 aromatic heterocycles. The van der Waals surface area contributed by atoms with Crippen LogP contribution in [-0.4, -0.2) is 56.5 Å². The molecule has 1 aromatic rings. The first-order chi connectivity index (χ1) is 11.1. The number of hydrogen-bond donors (Lipinski definition) is 3. The molecule has 1 amide bonds. The first-order valence-corrected chi connectivity index (χ1v) is 8.44. The van der Waals surface area contributed by atoms with Crippen LogP contribution in [0.3, 0.4) is 0 Å². The summed E-state index contributed by atoms with van der Waals surface area (Å²) in [7, 11) is 0. The minimum Gasteiger partial charge on any atom is -0.391 e. The van der Waals surface area contributed by atoms with Gasteiger partial charge in [-0.1, -0.05) is 12.1 Å². The topological polar surface area (TPSA) is 113 Å². The first-order valence-electron chi connectivity index (χ1n) is 8.44. The van der Waals surface area contributed by atoms with Gasteiger partial charge in [-0.05, 0) is 44.4 Å². The van der Waals surface area contributed by atoms with Crippen molar-refractivity contribution in [2.24, 2.45) is 5.92 Å². The van der Waals surface area contributed by atoms with Crippen molar-refractivity contribution in [1.29, 1.82) is 0 Å². The number of aliphatic hydroxyl groups excluding tert-OH is 1. The number of aromatic nitrogens is 4. The third-order valence-corrected chi connectivity index (χ3v) is 5.02. The Kier molecular flexibility index (Phi) is 5.22. The molecule has 2 aliphatic carbocycles. The van der Waals surface area contributed by atoms with Gasteiger partial charge in [0.25, 0.3) is 0 Å². The summed E-state index contributed by atoms with van der Waals surface area (Å²) < 4.78 is 5.70. The fourth-order valence-corrected chi connectivity index (χ4v) is 3.56. The summed E-state index contributed by atoms with van der Waals surface area (Å²) in [6, 6.07) is -0.277. The molecular formula is C15H25N5O3. The van der Waals surface area contributed by atoms with Gasteiger partial charge < -0.3 is 15.2 Å². The van der Waals surface area contributed by atoms with E-state index in [1.807, 2.05) is 0 Å². The van der Waals surface area contributed by atoms with Gasteiger partial charge in [0, 0.05) is 5.92 Å². The second-order valence-corrected chi connectivity index (χ2v) is 6.87. The van der Waals surface area contributed by atoms with Gasteiger partial charge in [0.2, 0.25) is 5.91 Å². The molecule has 2 saturated carbocycles. The lowest BCUT2D eigenvalue weighted by Crippen LogP contribution is -2.42. The lowest BCUT2D eigenvalue weighted by Gasteiger charge is -2.26. The Morgan fingerprint density at radius 2 is 2.13 bits per heavy atom. The van der Waals surface area contributed by atoms with Gasteiger partial charge in [0.15, 0.2) is 5.82 Å². The Labute approximate surface area is 135 Å². The maximum absolute atomic E-state index is 12.0. The van der Waals surface area contributed by atoms with E-state index in [-0.39, 0.29) is 30.6 Å². The third kappa shape index (κ3) is 4.26. The van der Waals surface area contributed by atoms with Gasteiger partial charge in [-0.25, -0.2) is 0 Å². The number of aliphatic hydroxyl groups is 1. The minimum absolute atomic E-state index is 0.0230. The van der Waals surface area contributed by atoms with Crippen LogP contribution < -0.4 is 5.32 Å². The number of amides is 1. The van der Waals surface area contributed by atoms with E-state index >= 15 is 0 Å². The van der Waals surface area contributed by atoms with E-state index in [1.54, 1.807) is 0 Å². The second kappa shape index (κ2) is 7.35. The summed E-state index contributed by atoms with van der Waals surface area (Å²) in [5, 5.41) is 26.8. The van der Waals surface area contributed by atoms with Crippen molar-refractivity contribution in [3.63, 3.8) is 0 Å². The standard InChI is InChI=1S/C15H25N5O3/c1-9-2-4-11(5-3-9)23-8-14(22)16-12-6-10(7-13(12)21)15-17-19-20-18-15/h9-13,21H,2-8H2,1H3,(H,16,22)(H,17,18,19,20)/t9?,10-,11?,12+,13+/m0/s1. The summed E-state index contributed by atoms with van der Waals surface area (Å²) in [5.74, 6) is 1.21. The number of aromatic amines is 1. The molecule has 3 rings (SSSR count). The van der Waals surface area contributed by atoms with Crippen LogP contribution in [0.4, 0.5) is 0 Å². The summed E-state index contributed by atoms with van der Waals surface area (Å²) in [6.45, 7) is 2.32. The van der Waals surface area contributed by atoms with E-state index < -0.39 is 6.10 Å². The molecule has 0 aromatic carbocycles. The number of tetrazole rings is 1. The molecule has 0 spiro atoms. The van der Waals surface area contributed by atoms with Gasteiger partial charge in [-0.2, -0.15) is 5.21 Å². The average Bonchev–Trinajstić information content (AvgIpc) is 3.17. The number of H-pyrrole nitrogens is 1. The van der Waals surface area contributed by atoms with Crippen LogP contribution >= 0.6 is 0 Å². The zero-order chi connectivity index (χ0) is 16.2. The van der Waals surface area contributed by atoms with Crippen LogP contribution in [0.25, 0.3) is 0 Å². The fraction of sp³-hybridized carbons (Fsp3) is 0.867. The maximum Gasteiger partial charge on any atom is 0.246 e. The number of carbonyl (C=O) groups is 1. The van der Waals surface area contributed by atoms with Crippen molar-refractivity contribution < 1.29 is 14.6 Å². The third-order valence-electron chi connectivity index (χ3n) is 5.02. The monoisotopic (exact) mass is 323 g/mol. The Morgan fingerprint density at radius 1 is 1.35 bits per heavy atom. The molecule has 2 aliphatic rings. The molecule has 0 radical (unpaired) electrons. The highest BCUT2D eigenvalue weighted by molar-refractivity contribution is 5.77. The van der Waals surface area contributed by atoms with Crippen molar-refractivity contribution in [3.8, 4) is 0 Å². The van der Waals surface area contributed by atoms with E-state index in [1.165, 1.54) is 12.8 Å². The summed E-state index contributed by atoms with van der Waals surface area (Å²) in [6.07, 6.45) is 5.15. The SMILES string of the molecule is CC1CCC(OCC(=O)N[C@@H]2C[C@H](c3nn[nH]n3)C[C@H]2O)CC1. The predicted octanol–water partition coefficient (Wildman–Crippen LogP) is 0.518. The normalized spacial score (nSPS) is 34.4. The zero-order valence-corrected chi connectivity index (χ0v) is 13.4. The van der Waals surface area contributed by atoms with Gasteiger partial charge in [0.1, 0.15) is 6.61 Å². The number of rotatable bonds is 5. The lowest BCUT2D eigenvalue weighted by atomic mass is 9.89. The molecule has 0 bridgehead atoms. The van der Waals surface area contributed by atoms with Crippen molar-refractivity contribution >= 4 is 5.91 Å². The van der Waals surface area contributed by atoms with Gasteiger partial charge >= 0.3 is 0 Å². The molecular weight excluding hydrogens is 298 g/mol. The quantitative estimate of drug-likeness (QED) is 0.728. The average molecular weight is 323 g/mol. The Balaban J connectivity index is 1.41. The van der Waals surface area contributed by atoms with E-state index in [0.29, 0.717) is 18.7 Å². The molecule has 0 unspecified atom stereocenters. The van der Waals surface area contributed by atoms with Crippen molar-refractivity contribution in [1.82, 2.24) is 25.9 Å². The molecule has 8 heteroatoms. The fourth-order valence-electron chi connectivity index (χ4n) is 3.56. The Hall–Kier alpha value is -1.54.